The standard InChI is InChI=1S/C15H26N4O2/c1-12(2)11-19-9-8-17-13(19)10-18-14(20)15(21-3)4-6-16-7-5-15/h8-9,12,16H,4-7,10-11H2,1-3H3,(H,18,20). The lowest BCUT2D eigenvalue weighted by Gasteiger charge is -2.34. The van der Waals surface area contributed by atoms with E-state index < -0.39 is 5.60 Å². The van der Waals surface area contributed by atoms with Crippen molar-refractivity contribution in [2.24, 2.45) is 5.92 Å². The van der Waals surface area contributed by atoms with Gasteiger partial charge in [-0.1, -0.05) is 13.8 Å². The van der Waals surface area contributed by atoms with Crippen molar-refractivity contribution < 1.29 is 9.53 Å². The Hall–Kier alpha value is -1.40. The second kappa shape index (κ2) is 7.04. The molecule has 1 aromatic heterocycles. The molecule has 2 N–H and O–H groups in total. The van der Waals surface area contributed by atoms with E-state index in [9.17, 15) is 4.79 Å². The van der Waals surface area contributed by atoms with Gasteiger partial charge in [0.25, 0.3) is 5.91 Å². The van der Waals surface area contributed by atoms with Gasteiger partial charge in [0.15, 0.2) is 0 Å². The molecule has 0 radical (unpaired) electrons. The zero-order valence-electron chi connectivity index (χ0n) is 13.2. The van der Waals surface area contributed by atoms with Gasteiger partial charge in [-0.15, -0.1) is 0 Å². The summed E-state index contributed by atoms with van der Waals surface area (Å²) in [7, 11) is 1.62. The molecule has 21 heavy (non-hydrogen) atoms. The number of carbonyl (C=O) groups excluding carboxylic acids is 1. The van der Waals surface area contributed by atoms with Gasteiger partial charge in [0.1, 0.15) is 11.4 Å². The number of ether oxygens (including phenoxy) is 1. The van der Waals surface area contributed by atoms with Gasteiger partial charge < -0.3 is 19.9 Å². The van der Waals surface area contributed by atoms with Crippen molar-refractivity contribution in [1.29, 1.82) is 0 Å². The summed E-state index contributed by atoms with van der Waals surface area (Å²) in [6.45, 7) is 7.29. The Balaban J connectivity index is 1.95. The van der Waals surface area contributed by atoms with Gasteiger partial charge in [-0.3, -0.25) is 4.79 Å². The van der Waals surface area contributed by atoms with Crippen LogP contribution in [-0.4, -0.2) is 41.3 Å². The topological polar surface area (TPSA) is 68.2 Å². The first-order chi connectivity index (χ1) is 10.1. The molecule has 0 aromatic carbocycles. The molecule has 1 aromatic rings. The molecule has 2 heterocycles. The van der Waals surface area contributed by atoms with Crippen molar-refractivity contribution in [3.8, 4) is 0 Å². The van der Waals surface area contributed by atoms with Crippen molar-refractivity contribution in [2.45, 2.75) is 45.4 Å². The van der Waals surface area contributed by atoms with Crippen LogP contribution in [0.2, 0.25) is 0 Å². The molecule has 0 aliphatic carbocycles. The average molecular weight is 294 g/mol. The summed E-state index contributed by atoms with van der Waals surface area (Å²) < 4.78 is 7.62. The molecule has 118 valence electrons. The average Bonchev–Trinajstić information content (AvgIpc) is 2.91. The minimum atomic E-state index is -0.694. The molecule has 6 nitrogen and oxygen atoms in total. The molecule has 1 amide bonds. The Labute approximate surface area is 126 Å². The van der Waals surface area contributed by atoms with Crippen LogP contribution in [0.5, 0.6) is 0 Å². The number of hydrogen-bond donors (Lipinski definition) is 2. The smallest absolute Gasteiger partial charge is 0.252 e. The summed E-state index contributed by atoms with van der Waals surface area (Å²) in [6.07, 6.45) is 5.14. The van der Waals surface area contributed by atoms with Crippen LogP contribution < -0.4 is 10.6 Å². The highest BCUT2D eigenvalue weighted by Gasteiger charge is 2.39. The highest BCUT2D eigenvalue weighted by Crippen LogP contribution is 2.22. The van der Waals surface area contributed by atoms with Crippen molar-refractivity contribution in [2.75, 3.05) is 20.2 Å². The molecular weight excluding hydrogens is 268 g/mol. The molecule has 0 unspecified atom stereocenters. The predicted octanol–water partition coefficient (Wildman–Crippen LogP) is 0.924. The maximum Gasteiger partial charge on any atom is 0.252 e. The number of amides is 1. The fraction of sp³-hybridized carbons (Fsp3) is 0.733. The summed E-state index contributed by atoms with van der Waals surface area (Å²) >= 11 is 0. The van der Waals surface area contributed by atoms with Gasteiger partial charge in [-0.25, -0.2) is 4.98 Å². The Morgan fingerprint density at radius 1 is 1.52 bits per heavy atom. The first kappa shape index (κ1) is 16.0. The van der Waals surface area contributed by atoms with E-state index in [0.29, 0.717) is 25.3 Å². The van der Waals surface area contributed by atoms with Crippen LogP contribution in [0.15, 0.2) is 12.4 Å². The van der Waals surface area contributed by atoms with Crippen molar-refractivity contribution in [1.82, 2.24) is 20.2 Å². The van der Waals surface area contributed by atoms with Crippen LogP contribution in [0.25, 0.3) is 0 Å². The third-order valence-corrected chi connectivity index (χ3v) is 3.99. The van der Waals surface area contributed by atoms with Crippen LogP contribution in [0.1, 0.15) is 32.5 Å². The highest BCUT2D eigenvalue weighted by atomic mass is 16.5. The molecule has 0 saturated carbocycles. The lowest BCUT2D eigenvalue weighted by atomic mass is 9.91. The summed E-state index contributed by atoms with van der Waals surface area (Å²) in [6, 6.07) is 0. The number of nitrogens with one attached hydrogen (secondary N) is 2. The van der Waals surface area contributed by atoms with Gasteiger partial charge in [0, 0.05) is 26.0 Å². The second-order valence-electron chi connectivity index (χ2n) is 6.02. The third-order valence-electron chi connectivity index (χ3n) is 3.99. The fourth-order valence-electron chi connectivity index (χ4n) is 2.74. The number of imidazole rings is 1. The predicted molar refractivity (Wildman–Crippen MR) is 80.8 cm³/mol. The summed E-state index contributed by atoms with van der Waals surface area (Å²) in [5.41, 5.74) is -0.694. The quantitative estimate of drug-likeness (QED) is 0.819. The Kier molecular flexibility index (Phi) is 5.36. The number of piperidine rings is 1. The molecule has 2 rings (SSSR count). The zero-order chi connectivity index (χ0) is 15.3. The van der Waals surface area contributed by atoms with Crippen LogP contribution in [-0.2, 0) is 22.6 Å². The van der Waals surface area contributed by atoms with Crippen LogP contribution in [0.3, 0.4) is 0 Å². The van der Waals surface area contributed by atoms with Crippen LogP contribution >= 0.6 is 0 Å². The minimum Gasteiger partial charge on any atom is -0.368 e. The molecule has 0 bridgehead atoms. The van der Waals surface area contributed by atoms with E-state index in [1.54, 1.807) is 13.3 Å². The van der Waals surface area contributed by atoms with Crippen molar-refractivity contribution in [3.05, 3.63) is 18.2 Å². The first-order valence-corrected chi connectivity index (χ1v) is 7.61. The maximum absolute atomic E-state index is 12.5. The molecule has 0 atom stereocenters. The van der Waals surface area contributed by atoms with Crippen LogP contribution in [0, 0.1) is 5.92 Å². The summed E-state index contributed by atoms with van der Waals surface area (Å²) in [5, 5.41) is 6.24. The van der Waals surface area contributed by atoms with E-state index in [1.165, 1.54) is 0 Å². The van der Waals surface area contributed by atoms with E-state index in [1.807, 2.05) is 6.20 Å². The van der Waals surface area contributed by atoms with E-state index >= 15 is 0 Å². The number of hydrogen-bond acceptors (Lipinski definition) is 4. The largest absolute Gasteiger partial charge is 0.368 e. The fourth-order valence-corrected chi connectivity index (χ4v) is 2.74. The van der Waals surface area contributed by atoms with E-state index in [4.69, 9.17) is 4.74 Å². The minimum absolute atomic E-state index is 0.0365. The zero-order valence-corrected chi connectivity index (χ0v) is 13.2. The second-order valence-corrected chi connectivity index (χ2v) is 6.02. The number of aromatic nitrogens is 2. The van der Waals surface area contributed by atoms with Gasteiger partial charge in [-0.05, 0) is 31.8 Å². The third kappa shape index (κ3) is 3.83. The van der Waals surface area contributed by atoms with E-state index in [-0.39, 0.29) is 5.91 Å². The lowest BCUT2D eigenvalue weighted by Crippen LogP contribution is -2.54. The molecule has 0 spiro atoms. The van der Waals surface area contributed by atoms with Crippen molar-refractivity contribution >= 4 is 5.91 Å². The summed E-state index contributed by atoms with van der Waals surface area (Å²) in [4.78, 5) is 16.8. The van der Waals surface area contributed by atoms with E-state index in [2.05, 4.69) is 34.0 Å². The Morgan fingerprint density at radius 2 is 2.24 bits per heavy atom. The van der Waals surface area contributed by atoms with Gasteiger partial charge in [0.05, 0.1) is 6.54 Å². The lowest BCUT2D eigenvalue weighted by molar-refractivity contribution is -0.146. The number of rotatable bonds is 6. The molecular formula is C15H26N4O2. The molecule has 1 fully saturated rings. The summed E-state index contributed by atoms with van der Waals surface area (Å²) in [5.74, 6) is 1.39. The molecule has 1 saturated heterocycles. The van der Waals surface area contributed by atoms with Crippen molar-refractivity contribution in [3.63, 3.8) is 0 Å². The molecule has 1 aliphatic rings. The number of methoxy groups -OCH3 is 1. The van der Waals surface area contributed by atoms with Crippen LogP contribution in [0.4, 0.5) is 0 Å². The Morgan fingerprint density at radius 3 is 2.86 bits per heavy atom. The van der Waals surface area contributed by atoms with E-state index in [0.717, 1.165) is 25.5 Å². The van der Waals surface area contributed by atoms with Gasteiger partial charge in [-0.2, -0.15) is 0 Å². The number of carbonyl (C=O) groups is 1. The maximum atomic E-state index is 12.5. The van der Waals surface area contributed by atoms with Gasteiger partial charge in [0.2, 0.25) is 0 Å². The molecule has 1 aliphatic heterocycles. The first-order valence-electron chi connectivity index (χ1n) is 7.61. The normalized spacial score (nSPS) is 17.9. The SMILES string of the molecule is COC1(C(=O)NCc2nccn2CC(C)C)CCNCC1. The number of nitrogens with zero attached hydrogens (tertiary/aromatic N) is 2. The molecule has 6 heteroatoms. The highest BCUT2D eigenvalue weighted by molar-refractivity contribution is 5.85. The monoisotopic (exact) mass is 294 g/mol. The Bertz CT molecular complexity index is 464. The van der Waals surface area contributed by atoms with Gasteiger partial charge >= 0.3 is 0 Å².